The molecule has 0 unspecified atom stereocenters. The van der Waals surface area contributed by atoms with Crippen LogP contribution in [0.4, 0.5) is 5.69 Å². The number of carbonyl (C=O) groups is 1. The number of benzene rings is 1. The molecule has 4 heteroatoms. The number of carbonyl (C=O) groups excluding carboxylic acids is 1. The summed E-state index contributed by atoms with van der Waals surface area (Å²) in [5.41, 5.74) is 2.09. The Hall–Kier alpha value is -0.766. The number of hydrogen-bond donors (Lipinski definition) is 1. The molecule has 1 rings (SSSR count). The molecule has 0 spiro atoms. The van der Waals surface area contributed by atoms with Gasteiger partial charge in [-0.15, -0.1) is 0 Å². The van der Waals surface area contributed by atoms with Crippen LogP contribution in [0, 0.1) is 20.3 Å². The zero-order valence-corrected chi connectivity index (χ0v) is 15.0. The number of aryl methyl sites for hydroxylation is 1. The van der Waals surface area contributed by atoms with Gasteiger partial charge in [0, 0.05) is 12.1 Å². The maximum absolute atomic E-state index is 11.5. The first-order chi connectivity index (χ1) is 8.49. The van der Waals surface area contributed by atoms with E-state index < -0.39 is 0 Å². The molecule has 1 N–H and O–H groups in total. The predicted octanol–water partition coefficient (Wildman–Crippen LogP) is 4.44. The fourth-order valence-electron chi connectivity index (χ4n) is 1.28. The molecule has 1 radical (unpaired) electrons. The van der Waals surface area contributed by atoms with E-state index >= 15 is 0 Å². The van der Waals surface area contributed by atoms with Gasteiger partial charge in [0.2, 0.25) is 5.91 Å². The van der Waals surface area contributed by atoms with Gasteiger partial charge in [-0.3, -0.25) is 4.79 Å². The number of nitrogens with zero attached hydrogens (tertiary/aromatic N) is 1. The van der Waals surface area contributed by atoms with Gasteiger partial charge in [0.1, 0.15) is 0 Å². The SMILES string of the molecule is C[N-]C.Cc1ccc(NC(=O)CCC(C)C)cc1.[CH3-].[V+2]. The first kappa shape index (κ1) is 24.3. The number of hydrogen-bond acceptors (Lipinski definition) is 1. The molecule has 0 aliphatic rings. The second-order valence-corrected chi connectivity index (χ2v) is 4.79. The van der Waals surface area contributed by atoms with Crippen molar-refractivity contribution in [2.75, 3.05) is 19.4 Å². The summed E-state index contributed by atoms with van der Waals surface area (Å²) >= 11 is 0. The summed E-state index contributed by atoms with van der Waals surface area (Å²) in [4.78, 5) is 11.5. The van der Waals surface area contributed by atoms with Gasteiger partial charge in [-0.2, -0.15) is 14.1 Å². The second kappa shape index (κ2) is 14.6. The number of nitrogens with one attached hydrogen (secondary N) is 1. The molecule has 0 heterocycles. The Morgan fingerprint density at radius 2 is 1.65 bits per heavy atom. The summed E-state index contributed by atoms with van der Waals surface area (Å²) in [6.07, 6.45) is 1.54. The van der Waals surface area contributed by atoms with Gasteiger partial charge in [0.05, 0.1) is 0 Å². The van der Waals surface area contributed by atoms with E-state index in [0.717, 1.165) is 12.1 Å². The quantitative estimate of drug-likeness (QED) is 0.820. The van der Waals surface area contributed by atoms with Crippen LogP contribution in [0.2, 0.25) is 0 Å². The van der Waals surface area contributed by atoms with Crippen LogP contribution in [0.5, 0.6) is 0 Å². The zero-order chi connectivity index (χ0) is 14.0. The molecule has 0 aromatic heterocycles. The van der Waals surface area contributed by atoms with Crippen molar-refractivity contribution in [3.63, 3.8) is 0 Å². The van der Waals surface area contributed by atoms with Gasteiger partial charge in [-0.1, -0.05) is 31.5 Å². The molecule has 113 valence electrons. The number of rotatable bonds is 4. The standard InChI is InChI=1S/C13H19NO.C2H6N.CH3.V/c1-10(2)4-9-13(15)14-12-7-5-11(3)6-8-12;1-3-2;;/h5-8,10H,4,9H2,1-3H3,(H,14,15);1-2H3;1H3;/q;2*-1;+2. The minimum atomic E-state index is 0. The smallest absolute Gasteiger partial charge is 0.668 e. The molecule has 0 aliphatic heterocycles. The molecule has 0 saturated carbocycles. The van der Waals surface area contributed by atoms with Gasteiger partial charge < -0.3 is 18.1 Å². The molecule has 0 aliphatic carbocycles. The summed E-state index contributed by atoms with van der Waals surface area (Å²) < 4.78 is 0. The van der Waals surface area contributed by atoms with Gasteiger partial charge in [-0.25, -0.2) is 0 Å². The van der Waals surface area contributed by atoms with E-state index in [0.29, 0.717) is 12.3 Å². The normalized spacial score (nSPS) is 8.70. The van der Waals surface area contributed by atoms with E-state index in [1.165, 1.54) is 5.56 Å². The van der Waals surface area contributed by atoms with Crippen LogP contribution in [0.1, 0.15) is 32.3 Å². The molecule has 1 aromatic carbocycles. The van der Waals surface area contributed by atoms with Gasteiger partial charge >= 0.3 is 18.6 Å². The van der Waals surface area contributed by atoms with Gasteiger partial charge in [0.25, 0.3) is 0 Å². The van der Waals surface area contributed by atoms with Crippen LogP contribution >= 0.6 is 0 Å². The van der Waals surface area contributed by atoms with Crippen molar-refractivity contribution in [2.45, 2.75) is 33.6 Å². The summed E-state index contributed by atoms with van der Waals surface area (Å²) in [5, 5.41) is 6.39. The first-order valence-electron chi connectivity index (χ1n) is 6.34. The van der Waals surface area contributed by atoms with Crippen LogP contribution in [-0.2, 0) is 23.4 Å². The fraction of sp³-hybridized carbons (Fsp3) is 0.500. The monoisotopic (exact) mass is 315 g/mol. The zero-order valence-electron chi connectivity index (χ0n) is 13.6. The third-order valence-corrected chi connectivity index (χ3v) is 2.28. The van der Waals surface area contributed by atoms with E-state index in [-0.39, 0.29) is 31.9 Å². The number of amides is 1. The minimum Gasteiger partial charge on any atom is -0.668 e. The van der Waals surface area contributed by atoms with Crippen LogP contribution < -0.4 is 5.32 Å². The third-order valence-electron chi connectivity index (χ3n) is 2.28. The first-order valence-corrected chi connectivity index (χ1v) is 6.34. The Kier molecular flexibility index (Phi) is 17.8. The van der Waals surface area contributed by atoms with Crippen molar-refractivity contribution >= 4 is 11.6 Å². The predicted molar refractivity (Wildman–Crippen MR) is 85.5 cm³/mol. The molecular weight excluding hydrogens is 287 g/mol. The van der Waals surface area contributed by atoms with Gasteiger partial charge in [0.15, 0.2) is 0 Å². The topological polar surface area (TPSA) is 43.2 Å². The van der Waals surface area contributed by atoms with Crippen LogP contribution in [0.25, 0.3) is 5.32 Å². The number of anilines is 1. The van der Waals surface area contributed by atoms with Crippen molar-refractivity contribution < 1.29 is 23.4 Å². The molecule has 1 amide bonds. The summed E-state index contributed by atoms with van der Waals surface area (Å²) in [6, 6.07) is 7.86. The van der Waals surface area contributed by atoms with E-state index in [4.69, 9.17) is 0 Å². The Bertz CT molecular complexity index is 337. The molecule has 0 bridgehead atoms. The third kappa shape index (κ3) is 13.7. The van der Waals surface area contributed by atoms with Gasteiger partial charge in [-0.05, 0) is 31.4 Å². The largest absolute Gasteiger partial charge is 2.00 e. The van der Waals surface area contributed by atoms with Crippen molar-refractivity contribution in [2.24, 2.45) is 5.92 Å². The van der Waals surface area contributed by atoms with E-state index in [1.807, 2.05) is 31.2 Å². The summed E-state index contributed by atoms with van der Waals surface area (Å²) in [7, 11) is 3.50. The molecule has 0 atom stereocenters. The Morgan fingerprint density at radius 3 is 2.05 bits per heavy atom. The minimum absolute atomic E-state index is 0. The molecule has 0 fully saturated rings. The van der Waals surface area contributed by atoms with E-state index in [2.05, 4.69) is 24.5 Å². The summed E-state index contributed by atoms with van der Waals surface area (Å²) in [6.45, 7) is 6.28. The maximum Gasteiger partial charge on any atom is 2.00 e. The average Bonchev–Trinajstić information content (AvgIpc) is 2.31. The van der Waals surface area contributed by atoms with Crippen molar-refractivity contribution in [3.8, 4) is 0 Å². The van der Waals surface area contributed by atoms with Crippen LogP contribution in [-0.4, -0.2) is 20.0 Å². The molecular formula is C16H28N2OV. The average molecular weight is 315 g/mol. The maximum atomic E-state index is 11.5. The van der Waals surface area contributed by atoms with E-state index in [1.54, 1.807) is 14.1 Å². The van der Waals surface area contributed by atoms with E-state index in [9.17, 15) is 4.79 Å². The molecule has 20 heavy (non-hydrogen) atoms. The van der Waals surface area contributed by atoms with Crippen molar-refractivity contribution in [3.05, 3.63) is 42.6 Å². The second-order valence-electron chi connectivity index (χ2n) is 4.79. The summed E-state index contributed by atoms with van der Waals surface area (Å²) in [5.74, 6) is 0.682. The Balaban J connectivity index is -0.000000530. The van der Waals surface area contributed by atoms with Crippen LogP contribution in [0.15, 0.2) is 24.3 Å². The van der Waals surface area contributed by atoms with Crippen molar-refractivity contribution in [1.29, 1.82) is 0 Å². The molecule has 3 nitrogen and oxygen atoms in total. The Labute approximate surface area is 136 Å². The fourth-order valence-corrected chi connectivity index (χ4v) is 1.28. The van der Waals surface area contributed by atoms with Crippen LogP contribution in [0.3, 0.4) is 0 Å². The molecule has 0 saturated heterocycles. The Morgan fingerprint density at radius 1 is 1.20 bits per heavy atom. The molecule has 1 aromatic rings. The van der Waals surface area contributed by atoms with Crippen molar-refractivity contribution in [1.82, 2.24) is 0 Å².